The van der Waals surface area contributed by atoms with Crippen LogP contribution in [0.25, 0.3) is 71.3 Å². The highest BCUT2D eigenvalue weighted by Gasteiger charge is 2.36. The maximum Gasteiger partial charge on any atom is 0.0544 e. The molecule has 0 spiro atoms. The van der Waals surface area contributed by atoms with Gasteiger partial charge in [-0.15, -0.1) is 0 Å². The Morgan fingerprint density at radius 3 is 1.79 bits per heavy atom. The van der Waals surface area contributed by atoms with E-state index in [1.54, 1.807) is 0 Å². The van der Waals surface area contributed by atoms with Crippen LogP contribution in [0.2, 0.25) is 0 Å². The predicted molar refractivity (Wildman–Crippen MR) is 184 cm³/mol. The summed E-state index contributed by atoms with van der Waals surface area (Å²) in [5.41, 5.74) is 13.1. The van der Waals surface area contributed by atoms with Gasteiger partial charge < -0.3 is 4.57 Å². The van der Waals surface area contributed by atoms with E-state index < -0.39 is 0 Å². The highest BCUT2D eigenvalue weighted by molar-refractivity contribution is 6.18. The molecule has 1 aromatic heterocycles. The molecule has 0 aliphatic heterocycles. The minimum atomic E-state index is -0.0526. The van der Waals surface area contributed by atoms with Crippen molar-refractivity contribution in [3.8, 4) is 27.9 Å². The Morgan fingerprint density at radius 2 is 1.07 bits per heavy atom. The Labute approximate surface area is 251 Å². The molecular formula is C42H31N. The molecule has 9 rings (SSSR count). The van der Waals surface area contributed by atoms with E-state index >= 15 is 0 Å². The van der Waals surface area contributed by atoms with Crippen LogP contribution in [0.3, 0.4) is 0 Å². The second kappa shape index (κ2) is 8.69. The molecule has 8 aromatic rings. The minimum absolute atomic E-state index is 0.0526. The van der Waals surface area contributed by atoms with Gasteiger partial charge >= 0.3 is 0 Å². The highest BCUT2D eigenvalue weighted by atomic mass is 15.0. The number of hydrogen-bond acceptors (Lipinski definition) is 0. The van der Waals surface area contributed by atoms with Crippen LogP contribution in [-0.2, 0) is 5.41 Å². The monoisotopic (exact) mass is 549 g/mol. The van der Waals surface area contributed by atoms with Crippen LogP contribution in [0.5, 0.6) is 0 Å². The molecule has 1 aliphatic carbocycles. The van der Waals surface area contributed by atoms with Crippen LogP contribution >= 0.6 is 0 Å². The first kappa shape index (κ1) is 24.5. The molecule has 0 bridgehead atoms. The molecule has 0 N–H and O–H groups in total. The summed E-state index contributed by atoms with van der Waals surface area (Å²) in [5.74, 6) is 0. The average Bonchev–Trinajstić information content (AvgIpc) is 3.49. The second-order valence-electron chi connectivity index (χ2n) is 12.6. The van der Waals surface area contributed by atoms with E-state index in [9.17, 15) is 0 Å². The van der Waals surface area contributed by atoms with E-state index in [1.165, 1.54) is 88.0 Å². The van der Waals surface area contributed by atoms with Crippen LogP contribution in [0.15, 0.2) is 133 Å². The maximum absolute atomic E-state index is 2.47. The lowest BCUT2D eigenvalue weighted by Crippen LogP contribution is -2.14. The van der Waals surface area contributed by atoms with E-state index in [1.807, 2.05) is 0 Å². The van der Waals surface area contributed by atoms with Gasteiger partial charge in [-0.3, -0.25) is 0 Å². The van der Waals surface area contributed by atoms with Crippen molar-refractivity contribution in [2.75, 3.05) is 0 Å². The molecule has 204 valence electrons. The van der Waals surface area contributed by atoms with Crippen LogP contribution in [0.1, 0.15) is 30.5 Å². The summed E-state index contributed by atoms with van der Waals surface area (Å²) in [6.45, 7) is 6.99. The number of nitrogens with zero attached hydrogens (tertiary/aromatic N) is 1. The topological polar surface area (TPSA) is 4.93 Å². The number of rotatable bonds is 2. The van der Waals surface area contributed by atoms with Crippen LogP contribution in [0.4, 0.5) is 0 Å². The fraction of sp³-hybridized carbons (Fsp3) is 0.0952. The third-order valence-electron chi connectivity index (χ3n) is 9.97. The quantitative estimate of drug-likeness (QED) is 0.189. The zero-order chi connectivity index (χ0) is 28.9. The zero-order valence-corrected chi connectivity index (χ0v) is 24.6. The molecule has 1 nitrogen and oxygen atoms in total. The van der Waals surface area contributed by atoms with Crippen molar-refractivity contribution in [2.45, 2.75) is 26.2 Å². The van der Waals surface area contributed by atoms with E-state index in [0.29, 0.717) is 0 Å². The Morgan fingerprint density at radius 1 is 0.465 bits per heavy atom. The van der Waals surface area contributed by atoms with Crippen LogP contribution in [0, 0.1) is 6.92 Å². The minimum Gasteiger partial charge on any atom is -0.309 e. The number of hydrogen-bond donors (Lipinski definition) is 0. The first-order valence-corrected chi connectivity index (χ1v) is 15.2. The summed E-state index contributed by atoms with van der Waals surface area (Å²) in [5, 5.41) is 7.84. The Balaban J connectivity index is 1.42. The maximum atomic E-state index is 2.47. The molecule has 1 heteroatoms. The molecule has 0 amide bonds. The van der Waals surface area contributed by atoms with Gasteiger partial charge in [0.25, 0.3) is 0 Å². The Hall–Kier alpha value is -5.14. The normalized spacial score (nSPS) is 13.7. The Kier molecular flexibility index (Phi) is 4.94. The summed E-state index contributed by atoms with van der Waals surface area (Å²) in [7, 11) is 0. The smallest absolute Gasteiger partial charge is 0.0544 e. The summed E-state index contributed by atoms with van der Waals surface area (Å²) >= 11 is 0. The van der Waals surface area contributed by atoms with Gasteiger partial charge in [0.15, 0.2) is 0 Å². The van der Waals surface area contributed by atoms with Gasteiger partial charge in [0.1, 0.15) is 0 Å². The lowest BCUT2D eigenvalue weighted by molar-refractivity contribution is 0.661. The van der Waals surface area contributed by atoms with E-state index in [0.717, 1.165) is 0 Å². The largest absolute Gasteiger partial charge is 0.309 e. The highest BCUT2D eigenvalue weighted by Crippen LogP contribution is 2.51. The molecule has 0 unspecified atom stereocenters. The number of fused-ring (bicyclic) bond motifs is 8. The van der Waals surface area contributed by atoms with Gasteiger partial charge in [-0.05, 0) is 104 Å². The molecule has 1 aliphatic rings. The lowest BCUT2D eigenvalue weighted by atomic mass is 9.82. The van der Waals surface area contributed by atoms with E-state index in [4.69, 9.17) is 0 Å². The fourth-order valence-corrected chi connectivity index (χ4v) is 7.88. The van der Waals surface area contributed by atoms with Gasteiger partial charge in [0, 0.05) is 21.9 Å². The molecule has 1 heterocycles. The van der Waals surface area contributed by atoms with Crippen LogP contribution < -0.4 is 0 Å². The van der Waals surface area contributed by atoms with Crippen molar-refractivity contribution in [1.29, 1.82) is 0 Å². The van der Waals surface area contributed by atoms with E-state index in [2.05, 4.69) is 159 Å². The molecule has 0 saturated carbocycles. The predicted octanol–water partition coefficient (Wildman–Crippen LogP) is 11.4. The molecule has 0 radical (unpaired) electrons. The molecule has 43 heavy (non-hydrogen) atoms. The van der Waals surface area contributed by atoms with E-state index in [-0.39, 0.29) is 5.41 Å². The fourth-order valence-electron chi connectivity index (χ4n) is 7.88. The number of para-hydroxylation sites is 1. The SMILES string of the molecule is Cc1c2ccccc2c(-c2ccc3c(c2)c2cc4c(cc2n3-c2ccccc2)C(C)(C)c2ccccc2-4)c2ccccc12. The molecule has 0 saturated heterocycles. The Bertz CT molecular complexity index is 2360. The summed E-state index contributed by atoms with van der Waals surface area (Å²) in [6.07, 6.45) is 0. The van der Waals surface area contributed by atoms with Gasteiger partial charge in [-0.2, -0.15) is 0 Å². The molecular weight excluding hydrogens is 518 g/mol. The van der Waals surface area contributed by atoms with Crippen LogP contribution in [-0.4, -0.2) is 4.57 Å². The van der Waals surface area contributed by atoms with Crippen molar-refractivity contribution >= 4 is 43.4 Å². The standard InChI is InChI=1S/C42H31N/c1-26-29-15-7-9-18-32(29)41(33-19-10-8-16-30(26)33)27-21-22-39-35(23-27)36-24-34-31-17-11-12-20-37(31)42(2,3)38(34)25-40(36)43(39)28-13-5-4-6-14-28/h4-25H,1-3H3. The van der Waals surface area contributed by atoms with Crippen molar-refractivity contribution in [1.82, 2.24) is 4.57 Å². The molecule has 0 atom stereocenters. The number of aryl methyl sites for hydroxylation is 1. The third kappa shape index (κ3) is 3.28. The number of aromatic nitrogens is 1. The van der Waals surface area contributed by atoms with Gasteiger partial charge in [-0.1, -0.05) is 111 Å². The zero-order valence-electron chi connectivity index (χ0n) is 24.6. The first-order chi connectivity index (χ1) is 21.0. The summed E-state index contributed by atoms with van der Waals surface area (Å²) in [4.78, 5) is 0. The van der Waals surface area contributed by atoms with Crippen molar-refractivity contribution in [3.05, 3.63) is 150 Å². The summed E-state index contributed by atoms with van der Waals surface area (Å²) < 4.78 is 2.46. The van der Waals surface area contributed by atoms with Gasteiger partial charge in [0.05, 0.1) is 11.0 Å². The van der Waals surface area contributed by atoms with Crippen molar-refractivity contribution in [3.63, 3.8) is 0 Å². The third-order valence-corrected chi connectivity index (χ3v) is 9.97. The van der Waals surface area contributed by atoms with Crippen molar-refractivity contribution < 1.29 is 0 Å². The molecule has 0 fully saturated rings. The van der Waals surface area contributed by atoms with Gasteiger partial charge in [-0.25, -0.2) is 0 Å². The first-order valence-electron chi connectivity index (χ1n) is 15.2. The van der Waals surface area contributed by atoms with Gasteiger partial charge in [0.2, 0.25) is 0 Å². The summed E-state index contributed by atoms with van der Waals surface area (Å²) in [6, 6.07) is 49.6. The lowest BCUT2D eigenvalue weighted by Gasteiger charge is -2.21. The molecule has 7 aromatic carbocycles. The average molecular weight is 550 g/mol. The number of benzene rings is 7. The second-order valence-corrected chi connectivity index (χ2v) is 12.6. The van der Waals surface area contributed by atoms with Crippen molar-refractivity contribution in [2.24, 2.45) is 0 Å².